The van der Waals surface area contributed by atoms with Crippen LogP contribution in [-0.2, 0) is 12.7 Å². The van der Waals surface area contributed by atoms with Crippen LogP contribution in [0.4, 0.5) is 13.2 Å². The highest BCUT2D eigenvalue weighted by molar-refractivity contribution is 5.89. The number of hydrogen-bond donors (Lipinski definition) is 0. The van der Waals surface area contributed by atoms with Gasteiger partial charge < -0.3 is 9.30 Å². The molecule has 0 saturated heterocycles. The molecular weight excluding hydrogens is 369 g/mol. The van der Waals surface area contributed by atoms with E-state index in [-0.39, 0.29) is 16.9 Å². The van der Waals surface area contributed by atoms with Gasteiger partial charge in [0.15, 0.2) is 5.65 Å². The van der Waals surface area contributed by atoms with E-state index in [9.17, 15) is 13.2 Å². The van der Waals surface area contributed by atoms with E-state index in [4.69, 9.17) is 4.74 Å². The van der Waals surface area contributed by atoms with Crippen LogP contribution in [0.3, 0.4) is 0 Å². The van der Waals surface area contributed by atoms with E-state index in [0.29, 0.717) is 17.9 Å². The van der Waals surface area contributed by atoms with Gasteiger partial charge in [-0.05, 0) is 17.7 Å². The van der Waals surface area contributed by atoms with Gasteiger partial charge in [-0.15, -0.1) is 0 Å². The predicted molar refractivity (Wildman–Crippen MR) is 97.9 cm³/mol. The van der Waals surface area contributed by atoms with Crippen molar-refractivity contribution in [1.29, 1.82) is 0 Å². The van der Waals surface area contributed by atoms with E-state index in [1.54, 1.807) is 28.8 Å². The molecular formula is C20H15F3N4O. The van der Waals surface area contributed by atoms with Crippen LogP contribution in [0.25, 0.3) is 22.4 Å². The van der Waals surface area contributed by atoms with Crippen molar-refractivity contribution in [2.45, 2.75) is 12.7 Å². The van der Waals surface area contributed by atoms with Crippen LogP contribution >= 0.6 is 0 Å². The van der Waals surface area contributed by atoms with E-state index in [1.807, 2.05) is 30.3 Å². The summed E-state index contributed by atoms with van der Waals surface area (Å²) >= 11 is 0. The number of hydrogen-bond acceptors (Lipinski definition) is 4. The molecule has 0 aliphatic carbocycles. The first-order valence-corrected chi connectivity index (χ1v) is 8.45. The lowest BCUT2D eigenvalue weighted by Crippen LogP contribution is -2.13. The van der Waals surface area contributed by atoms with Gasteiger partial charge in [-0.25, -0.2) is 15.0 Å². The molecule has 0 unspecified atom stereocenters. The van der Waals surface area contributed by atoms with Crippen molar-refractivity contribution in [1.82, 2.24) is 19.5 Å². The highest BCUT2D eigenvalue weighted by atomic mass is 19.4. The summed E-state index contributed by atoms with van der Waals surface area (Å²) < 4.78 is 47.3. The van der Waals surface area contributed by atoms with E-state index in [2.05, 4.69) is 15.0 Å². The van der Waals surface area contributed by atoms with Gasteiger partial charge in [0.2, 0.25) is 5.82 Å². The number of rotatable bonds is 4. The SMILES string of the molecule is COc1ccccc1-c1nc(C(F)(F)F)nc2c1ncn2Cc1ccccc1. The Morgan fingerprint density at radius 2 is 1.68 bits per heavy atom. The lowest BCUT2D eigenvalue weighted by Gasteiger charge is -2.12. The number of ether oxygens (including phenoxy) is 1. The Hall–Kier alpha value is -3.42. The monoisotopic (exact) mass is 384 g/mol. The maximum atomic E-state index is 13.5. The summed E-state index contributed by atoms with van der Waals surface area (Å²) in [5, 5.41) is 0. The second-order valence-electron chi connectivity index (χ2n) is 6.12. The summed E-state index contributed by atoms with van der Waals surface area (Å²) in [5.41, 5.74) is 1.84. The molecule has 8 heteroatoms. The molecule has 0 spiro atoms. The normalized spacial score (nSPS) is 11.7. The largest absolute Gasteiger partial charge is 0.496 e. The van der Waals surface area contributed by atoms with Gasteiger partial charge in [0.1, 0.15) is 17.0 Å². The third-order valence-electron chi connectivity index (χ3n) is 4.28. The molecule has 0 amide bonds. The number of benzene rings is 2. The minimum absolute atomic E-state index is 0.0848. The first kappa shape index (κ1) is 18.0. The number of halogens is 3. The van der Waals surface area contributed by atoms with E-state index in [1.165, 1.54) is 13.4 Å². The Bertz CT molecular complexity index is 1120. The summed E-state index contributed by atoms with van der Waals surface area (Å²) in [7, 11) is 1.45. The average Bonchev–Trinajstić information content (AvgIpc) is 3.10. The Morgan fingerprint density at radius 3 is 2.39 bits per heavy atom. The van der Waals surface area contributed by atoms with Crippen LogP contribution in [0.5, 0.6) is 5.75 Å². The summed E-state index contributed by atoms with van der Waals surface area (Å²) in [5.74, 6) is -0.802. The predicted octanol–water partition coefficient (Wildman–Crippen LogP) is 4.57. The van der Waals surface area contributed by atoms with Crippen LogP contribution in [0.15, 0.2) is 60.9 Å². The number of alkyl halides is 3. The summed E-state index contributed by atoms with van der Waals surface area (Å²) in [6.45, 7) is 0.344. The van der Waals surface area contributed by atoms with Crippen molar-refractivity contribution >= 4 is 11.2 Å². The maximum Gasteiger partial charge on any atom is 0.451 e. The fraction of sp³-hybridized carbons (Fsp3) is 0.150. The Kier molecular flexibility index (Phi) is 4.46. The van der Waals surface area contributed by atoms with Crippen molar-refractivity contribution in [2.75, 3.05) is 7.11 Å². The molecule has 0 N–H and O–H groups in total. The van der Waals surface area contributed by atoms with Crippen LogP contribution in [0.2, 0.25) is 0 Å². The molecule has 28 heavy (non-hydrogen) atoms. The summed E-state index contributed by atoms with van der Waals surface area (Å²) in [6.07, 6.45) is -3.21. The fourth-order valence-electron chi connectivity index (χ4n) is 2.99. The number of imidazole rings is 1. The van der Waals surface area contributed by atoms with Gasteiger partial charge in [0, 0.05) is 5.56 Å². The van der Waals surface area contributed by atoms with Gasteiger partial charge in [-0.3, -0.25) is 0 Å². The Morgan fingerprint density at radius 1 is 0.964 bits per heavy atom. The minimum Gasteiger partial charge on any atom is -0.496 e. The molecule has 2 aromatic carbocycles. The van der Waals surface area contributed by atoms with Gasteiger partial charge in [-0.1, -0.05) is 42.5 Å². The highest BCUT2D eigenvalue weighted by Gasteiger charge is 2.36. The Balaban J connectivity index is 1.94. The zero-order valence-corrected chi connectivity index (χ0v) is 14.8. The third-order valence-corrected chi connectivity index (χ3v) is 4.28. The van der Waals surface area contributed by atoms with Gasteiger partial charge >= 0.3 is 6.18 Å². The number of para-hydroxylation sites is 1. The maximum absolute atomic E-state index is 13.5. The number of fused-ring (bicyclic) bond motifs is 1. The van der Waals surface area contributed by atoms with Crippen molar-refractivity contribution in [3.63, 3.8) is 0 Å². The van der Waals surface area contributed by atoms with Gasteiger partial charge in [-0.2, -0.15) is 13.2 Å². The van der Waals surface area contributed by atoms with Gasteiger partial charge in [0.25, 0.3) is 0 Å². The lowest BCUT2D eigenvalue weighted by atomic mass is 10.1. The number of methoxy groups -OCH3 is 1. The molecule has 0 bridgehead atoms. The van der Waals surface area contributed by atoms with Crippen molar-refractivity contribution < 1.29 is 17.9 Å². The Labute approximate surface area is 158 Å². The average molecular weight is 384 g/mol. The highest BCUT2D eigenvalue weighted by Crippen LogP contribution is 2.35. The number of nitrogens with zero attached hydrogens (tertiary/aromatic N) is 4. The topological polar surface area (TPSA) is 52.8 Å². The second kappa shape index (κ2) is 6.95. The zero-order valence-electron chi connectivity index (χ0n) is 14.8. The molecule has 4 aromatic rings. The van der Waals surface area contributed by atoms with Gasteiger partial charge in [0.05, 0.1) is 20.0 Å². The van der Waals surface area contributed by atoms with Crippen LogP contribution in [0, 0.1) is 0 Å². The zero-order chi connectivity index (χ0) is 19.7. The molecule has 0 atom stereocenters. The smallest absolute Gasteiger partial charge is 0.451 e. The van der Waals surface area contributed by atoms with Crippen LogP contribution < -0.4 is 4.74 Å². The van der Waals surface area contributed by atoms with Crippen molar-refractivity contribution in [2.24, 2.45) is 0 Å². The van der Waals surface area contributed by atoms with Crippen molar-refractivity contribution in [3.8, 4) is 17.0 Å². The molecule has 4 rings (SSSR count). The molecule has 0 fully saturated rings. The van der Waals surface area contributed by atoms with Crippen LogP contribution in [0.1, 0.15) is 11.4 Å². The minimum atomic E-state index is -4.69. The molecule has 0 aliphatic rings. The third kappa shape index (κ3) is 3.28. The van der Waals surface area contributed by atoms with E-state index < -0.39 is 12.0 Å². The quantitative estimate of drug-likeness (QED) is 0.517. The second-order valence-corrected chi connectivity index (χ2v) is 6.12. The summed E-state index contributed by atoms with van der Waals surface area (Å²) in [6, 6.07) is 16.1. The molecule has 142 valence electrons. The fourth-order valence-corrected chi connectivity index (χ4v) is 2.99. The van der Waals surface area contributed by atoms with Crippen molar-refractivity contribution in [3.05, 3.63) is 72.3 Å². The molecule has 0 saturated carbocycles. The molecule has 0 aliphatic heterocycles. The standard InChI is InChI=1S/C20H15F3N4O/c1-28-15-10-6-5-9-14(15)16-17-18(26-19(25-16)20(21,22)23)27(12-24-17)11-13-7-3-2-4-8-13/h2-10,12H,11H2,1H3. The molecule has 5 nitrogen and oxygen atoms in total. The summed E-state index contributed by atoms with van der Waals surface area (Å²) in [4.78, 5) is 11.9. The number of aromatic nitrogens is 4. The first-order valence-electron chi connectivity index (χ1n) is 8.45. The first-order chi connectivity index (χ1) is 13.5. The lowest BCUT2D eigenvalue weighted by molar-refractivity contribution is -0.144. The van der Waals surface area contributed by atoms with Crippen LogP contribution in [-0.4, -0.2) is 26.6 Å². The molecule has 0 radical (unpaired) electrons. The molecule has 2 aromatic heterocycles. The molecule has 2 heterocycles. The van der Waals surface area contributed by atoms with E-state index >= 15 is 0 Å². The van der Waals surface area contributed by atoms with E-state index in [0.717, 1.165) is 5.56 Å².